The quantitative estimate of drug-likeness (QED) is 0.675. The number of nitrogens with two attached hydrogens (primary N) is 1. The molecule has 1 aromatic carbocycles. The highest BCUT2D eigenvalue weighted by molar-refractivity contribution is 5.79. The van der Waals surface area contributed by atoms with Gasteiger partial charge >= 0.3 is 0 Å². The van der Waals surface area contributed by atoms with Gasteiger partial charge in [-0.2, -0.15) is 0 Å². The smallest absolute Gasteiger partial charge is 0.269 e. The Kier molecular flexibility index (Phi) is 4.90. The Morgan fingerprint density at radius 2 is 2.33 bits per heavy atom. The number of likely N-dealkylation sites (tertiary alicyclic amines) is 1. The van der Waals surface area contributed by atoms with Gasteiger partial charge in [-0.15, -0.1) is 0 Å². The molecule has 0 aromatic heterocycles. The second-order valence-electron chi connectivity index (χ2n) is 5.70. The van der Waals surface area contributed by atoms with E-state index in [2.05, 4.69) is 0 Å². The molecule has 1 aliphatic rings. The number of hydrogen-bond donors (Lipinski definition) is 1. The highest BCUT2D eigenvalue weighted by Gasteiger charge is 2.25. The minimum Gasteiger partial charge on any atom is -0.342 e. The van der Waals surface area contributed by atoms with E-state index in [0.29, 0.717) is 18.0 Å². The molecule has 6 nitrogen and oxygen atoms in total. The lowest BCUT2D eigenvalue weighted by atomic mass is 9.92. The van der Waals surface area contributed by atoms with Gasteiger partial charge in [0.15, 0.2) is 0 Å². The maximum Gasteiger partial charge on any atom is 0.269 e. The number of nitro benzene ring substituents is 1. The highest BCUT2D eigenvalue weighted by atomic mass is 16.6. The van der Waals surface area contributed by atoms with Crippen molar-refractivity contribution in [2.75, 3.05) is 13.1 Å². The summed E-state index contributed by atoms with van der Waals surface area (Å²) in [6.07, 6.45) is 2.22. The van der Waals surface area contributed by atoms with Crippen molar-refractivity contribution in [3.05, 3.63) is 39.9 Å². The van der Waals surface area contributed by atoms with Gasteiger partial charge in [-0.3, -0.25) is 14.9 Å². The number of benzene rings is 1. The lowest BCUT2D eigenvalue weighted by Crippen LogP contribution is -2.45. The average molecular weight is 291 g/mol. The fraction of sp³-hybridized carbons (Fsp3) is 0.533. The summed E-state index contributed by atoms with van der Waals surface area (Å²) in [6, 6.07) is 6.34. The molecule has 1 fully saturated rings. The first-order valence-electron chi connectivity index (χ1n) is 7.24. The van der Waals surface area contributed by atoms with Gasteiger partial charge in [0.25, 0.3) is 5.69 Å². The summed E-state index contributed by atoms with van der Waals surface area (Å²) in [6.45, 7) is 3.40. The van der Waals surface area contributed by atoms with Crippen LogP contribution in [0.25, 0.3) is 0 Å². The van der Waals surface area contributed by atoms with Crippen LogP contribution in [0.4, 0.5) is 5.69 Å². The number of hydrogen-bond acceptors (Lipinski definition) is 4. The summed E-state index contributed by atoms with van der Waals surface area (Å²) < 4.78 is 0. The average Bonchev–Trinajstić information content (AvgIpc) is 2.47. The summed E-state index contributed by atoms with van der Waals surface area (Å²) in [5, 5.41) is 10.8. The van der Waals surface area contributed by atoms with Gasteiger partial charge in [-0.1, -0.05) is 12.1 Å². The largest absolute Gasteiger partial charge is 0.342 e. The van der Waals surface area contributed by atoms with Crippen molar-refractivity contribution < 1.29 is 9.72 Å². The van der Waals surface area contributed by atoms with Crippen molar-refractivity contribution in [2.45, 2.75) is 32.2 Å². The van der Waals surface area contributed by atoms with Crippen LogP contribution in [0.5, 0.6) is 0 Å². The van der Waals surface area contributed by atoms with Crippen molar-refractivity contribution in [3.63, 3.8) is 0 Å². The Hall–Kier alpha value is -1.95. The molecule has 0 radical (unpaired) electrons. The molecule has 0 bridgehead atoms. The van der Waals surface area contributed by atoms with E-state index in [1.807, 2.05) is 11.8 Å². The predicted molar refractivity (Wildman–Crippen MR) is 79.8 cm³/mol. The molecule has 0 unspecified atom stereocenters. The molecule has 1 amide bonds. The van der Waals surface area contributed by atoms with Crippen molar-refractivity contribution in [1.29, 1.82) is 0 Å². The van der Waals surface area contributed by atoms with Crippen molar-refractivity contribution in [1.82, 2.24) is 4.90 Å². The zero-order valence-corrected chi connectivity index (χ0v) is 12.2. The predicted octanol–water partition coefficient (Wildman–Crippen LogP) is 1.72. The Morgan fingerprint density at radius 1 is 1.57 bits per heavy atom. The molecule has 0 saturated carbocycles. The maximum absolute atomic E-state index is 12.3. The van der Waals surface area contributed by atoms with E-state index in [1.165, 1.54) is 12.1 Å². The van der Waals surface area contributed by atoms with Gasteiger partial charge in [0.1, 0.15) is 0 Å². The van der Waals surface area contributed by atoms with Crippen LogP contribution < -0.4 is 5.73 Å². The Balaban J connectivity index is 2.01. The zero-order valence-electron chi connectivity index (χ0n) is 12.2. The number of rotatable bonds is 4. The number of nitrogens with zero attached hydrogens (tertiary/aromatic N) is 2. The van der Waals surface area contributed by atoms with E-state index in [1.54, 1.807) is 12.1 Å². The second-order valence-corrected chi connectivity index (χ2v) is 5.70. The van der Waals surface area contributed by atoms with Gasteiger partial charge in [0, 0.05) is 31.3 Å². The summed E-state index contributed by atoms with van der Waals surface area (Å²) >= 11 is 0. The standard InChI is InChI=1S/C15H21N3O3/c1-11(16)13-5-3-7-17(10-13)15(19)9-12-4-2-6-14(8-12)18(20)21/h2,4,6,8,11,13H,3,5,7,9-10,16H2,1H3/t11-,13-/m0/s1. The maximum atomic E-state index is 12.3. The van der Waals surface area contributed by atoms with Gasteiger partial charge in [0.2, 0.25) is 5.91 Å². The van der Waals surface area contributed by atoms with Crippen LogP contribution in [-0.4, -0.2) is 34.9 Å². The minimum atomic E-state index is -0.443. The van der Waals surface area contributed by atoms with Crippen LogP contribution in [0.2, 0.25) is 0 Å². The second kappa shape index (κ2) is 6.67. The summed E-state index contributed by atoms with van der Waals surface area (Å²) in [5.41, 5.74) is 6.62. The molecule has 1 aliphatic heterocycles. The summed E-state index contributed by atoms with van der Waals surface area (Å²) in [5.74, 6) is 0.355. The van der Waals surface area contributed by atoms with E-state index in [0.717, 1.165) is 19.4 Å². The highest BCUT2D eigenvalue weighted by Crippen LogP contribution is 2.20. The number of non-ortho nitro benzene ring substituents is 1. The van der Waals surface area contributed by atoms with Crippen LogP contribution in [0, 0.1) is 16.0 Å². The normalized spacial score (nSPS) is 20.1. The fourth-order valence-corrected chi connectivity index (χ4v) is 2.73. The number of carbonyl (C=O) groups is 1. The molecule has 1 aromatic rings. The first kappa shape index (κ1) is 15.4. The Morgan fingerprint density at radius 3 is 3.00 bits per heavy atom. The molecular weight excluding hydrogens is 270 g/mol. The molecule has 2 atom stereocenters. The van der Waals surface area contributed by atoms with Crippen molar-refractivity contribution in [3.8, 4) is 0 Å². The summed E-state index contributed by atoms with van der Waals surface area (Å²) in [4.78, 5) is 24.5. The molecule has 1 saturated heterocycles. The minimum absolute atomic E-state index is 0.0147. The summed E-state index contributed by atoms with van der Waals surface area (Å²) in [7, 11) is 0. The number of carbonyl (C=O) groups excluding carboxylic acids is 1. The molecule has 21 heavy (non-hydrogen) atoms. The lowest BCUT2D eigenvalue weighted by molar-refractivity contribution is -0.384. The first-order chi connectivity index (χ1) is 9.97. The molecule has 1 heterocycles. The van der Waals surface area contributed by atoms with Crippen molar-refractivity contribution >= 4 is 11.6 Å². The molecule has 0 spiro atoms. The Bertz CT molecular complexity index is 531. The molecular formula is C15H21N3O3. The van der Waals surface area contributed by atoms with Crippen LogP contribution >= 0.6 is 0 Å². The van der Waals surface area contributed by atoms with Crippen LogP contribution in [0.15, 0.2) is 24.3 Å². The number of amides is 1. The van der Waals surface area contributed by atoms with Gasteiger partial charge in [-0.05, 0) is 31.2 Å². The molecule has 114 valence electrons. The SMILES string of the molecule is C[C@H](N)[C@H]1CCCN(C(=O)Cc2cccc([N+](=O)[O-])c2)C1. The molecule has 2 N–H and O–H groups in total. The van der Waals surface area contributed by atoms with E-state index < -0.39 is 4.92 Å². The zero-order chi connectivity index (χ0) is 15.4. The van der Waals surface area contributed by atoms with Crippen LogP contribution in [0.1, 0.15) is 25.3 Å². The van der Waals surface area contributed by atoms with E-state index in [4.69, 9.17) is 5.73 Å². The van der Waals surface area contributed by atoms with Gasteiger partial charge in [0.05, 0.1) is 11.3 Å². The van der Waals surface area contributed by atoms with Crippen molar-refractivity contribution in [2.24, 2.45) is 11.7 Å². The lowest BCUT2D eigenvalue weighted by Gasteiger charge is -2.34. The van der Waals surface area contributed by atoms with Gasteiger partial charge < -0.3 is 10.6 Å². The van der Waals surface area contributed by atoms with E-state index in [-0.39, 0.29) is 24.1 Å². The third-order valence-electron chi connectivity index (χ3n) is 4.03. The Labute approximate surface area is 124 Å². The fourth-order valence-electron chi connectivity index (χ4n) is 2.73. The van der Waals surface area contributed by atoms with E-state index in [9.17, 15) is 14.9 Å². The molecule has 0 aliphatic carbocycles. The molecule has 2 rings (SSSR count). The van der Waals surface area contributed by atoms with Gasteiger partial charge in [-0.25, -0.2) is 0 Å². The van der Waals surface area contributed by atoms with Crippen LogP contribution in [-0.2, 0) is 11.2 Å². The third kappa shape index (κ3) is 4.01. The third-order valence-corrected chi connectivity index (χ3v) is 4.03. The topological polar surface area (TPSA) is 89.5 Å². The van der Waals surface area contributed by atoms with Crippen LogP contribution in [0.3, 0.4) is 0 Å². The first-order valence-corrected chi connectivity index (χ1v) is 7.24. The van der Waals surface area contributed by atoms with E-state index >= 15 is 0 Å². The number of piperidine rings is 1. The number of nitro groups is 1. The molecule has 6 heteroatoms. The monoisotopic (exact) mass is 291 g/mol.